The topological polar surface area (TPSA) is 48.0 Å². The Kier molecular flexibility index (Phi) is 3.59. The van der Waals surface area contributed by atoms with Crippen molar-refractivity contribution in [1.82, 2.24) is 9.72 Å². The summed E-state index contributed by atoms with van der Waals surface area (Å²) in [6.07, 6.45) is 9.18. The Morgan fingerprint density at radius 2 is 2.38 bits per heavy atom. The van der Waals surface area contributed by atoms with Gasteiger partial charge in [0, 0.05) is 12.5 Å². The summed E-state index contributed by atoms with van der Waals surface area (Å²) >= 11 is 0. The lowest BCUT2D eigenvalue weighted by Crippen LogP contribution is -2.24. The first kappa shape index (κ1) is 11.2. The fourth-order valence-electron chi connectivity index (χ4n) is 2.36. The summed E-state index contributed by atoms with van der Waals surface area (Å²) in [6, 6.07) is 0.243. The number of nitrogens with zero attached hydrogens (tertiary/aromatic N) is 2. The van der Waals surface area contributed by atoms with E-state index in [4.69, 9.17) is 4.52 Å². The van der Waals surface area contributed by atoms with Gasteiger partial charge < -0.3 is 0 Å². The highest BCUT2D eigenvalue weighted by molar-refractivity contribution is 4.90. The SMILES string of the molecule is C=CCCC1CCCCCc2noc(=O)n21. The Morgan fingerprint density at radius 3 is 3.19 bits per heavy atom. The van der Waals surface area contributed by atoms with Crippen LogP contribution in [0, 0.1) is 0 Å². The second kappa shape index (κ2) is 5.14. The molecule has 0 fully saturated rings. The lowest BCUT2D eigenvalue weighted by Gasteiger charge is -2.20. The zero-order valence-corrected chi connectivity index (χ0v) is 9.52. The molecule has 0 amide bonds. The molecule has 1 unspecified atom stereocenters. The van der Waals surface area contributed by atoms with Crippen LogP contribution in [-0.2, 0) is 6.42 Å². The lowest BCUT2D eigenvalue weighted by atomic mass is 10.00. The molecule has 1 aromatic rings. The molecule has 0 spiro atoms. The summed E-state index contributed by atoms with van der Waals surface area (Å²) in [7, 11) is 0. The van der Waals surface area contributed by atoms with E-state index in [2.05, 4.69) is 11.7 Å². The fraction of sp³-hybridized carbons (Fsp3) is 0.667. The number of hydrogen-bond donors (Lipinski definition) is 0. The van der Waals surface area contributed by atoms with Gasteiger partial charge in [-0.25, -0.2) is 4.79 Å². The molecule has 4 heteroatoms. The molecule has 4 nitrogen and oxygen atoms in total. The molecule has 0 bridgehead atoms. The van der Waals surface area contributed by atoms with Gasteiger partial charge in [0.05, 0.1) is 0 Å². The number of hydrogen-bond acceptors (Lipinski definition) is 3. The van der Waals surface area contributed by atoms with Gasteiger partial charge in [0.25, 0.3) is 0 Å². The molecule has 1 aliphatic heterocycles. The Labute approximate surface area is 94.9 Å². The summed E-state index contributed by atoms with van der Waals surface area (Å²) in [5.74, 6) is 0.518. The quantitative estimate of drug-likeness (QED) is 0.738. The summed E-state index contributed by atoms with van der Waals surface area (Å²) in [4.78, 5) is 11.6. The van der Waals surface area contributed by atoms with E-state index in [1.807, 2.05) is 6.08 Å². The number of fused-ring (bicyclic) bond motifs is 1. The molecule has 16 heavy (non-hydrogen) atoms. The van der Waals surface area contributed by atoms with Crippen LogP contribution in [0.1, 0.15) is 50.4 Å². The third-order valence-electron chi connectivity index (χ3n) is 3.21. The summed E-state index contributed by atoms with van der Waals surface area (Å²) in [6.45, 7) is 3.73. The van der Waals surface area contributed by atoms with Crippen LogP contribution in [0.3, 0.4) is 0 Å². The molecule has 0 saturated carbocycles. The van der Waals surface area contributed by atoms with E-state index in [0.717, 1.165) is 37.9 Å². The second-order valence-corrected chi connectivity index (χ2v) is 4.35. The van der Waals surface area contributed by atoms with Gasteiger partial charge in [-0.05, 0) is 25.7 Å². The molecular formula is C12H18N2O2. The summed E-state index contributed by atoms with van der Waals surface area (Å²) in [5.41, 5.74) is 0. The van der Waals surface area contributed by atoms with Crippen molar-refractivity contribution in [3.05, 3.63) is 29.0 Å². The van der Waals surface area contributed by atoms with Crippen LogP contribution in [0.25, 0.3) is 0 Å². The van der Waals surface area contributed by atoms with Crippen molar-refractivity contribution in [2.45, 2.75) is 51.0 Å². The first-order valence-corrected chi connectivity index (χ1v) is 6.01. The maximum atomic E-state index is 11.6. The average Bonchev–Trinajstić information content (AvgIpc) is 2.59. The van der Waals surface area contributed by atoms with Crippen molar-refractivity contribution in [1.29, 1.82) is 0 Å². The van der Waals surface area contributed by atoms with E-state index in [0.29, 0.717) is 0 Å². The van der Waals surface area contributed by atoms with Crippen LogP contribution in [0.5, 0.6) is 0 Å². The number of aryl methyl sites for hydroxylation is 1. The van der Waals surface area contributed by atoms with Crippen LogP contribution in [-0.4, -0.2) is 9.72 Å². The molecular weight excluding hydrogens is 204 g/mol. The number of aromatic nitrogens is 2. The maximum absolute atomic E-state index is 11.6. The maximum Gasteiger partial charge on any atom is 0.441 e. The summed E-state index contributed by atoms with van der Waals surface area (Å²) in [5, 5.41) is 3.87. The third-order valence-corrected chi connectivity index (χ3v) is 3.21. The van der Waals surface area contributed by atoms with Gasteiger partial charge in [-0.2, -0.15) is 0 Å². The minimum atomic E-state index is -0.300. The third kappa shape index (κ3) is 2.26. The molecule has 0 aromatic carbocycles. The molecule has 0 aliphatic carbocycles. The normalized spacial score (nSPS) is 20.9. The van der Waals surface area contributed by atoms with Crippen LogP contribution in [0.2, 0.25) is 0 Å². The van der Waals surface area contributed by atoms with Gasteiger partial charge in [-0.15, -0.1) is 6.58 Å². The van der Waals surface area contributed by atoms with Crippen LogP contribution in [0.4, 0.5) is 0 Å². The van der Waals surface area contributed by atoms with Gasteiger partial charge >= 0.3 is 5.76 Å². The Hall–Kier alpha value is -1.32. The fourth-order valence-corrected chi connectivity index (χ4v) is 2.36. The van der Waals surface area contributed by atoms with Crippen molar-refractivity contribution in [2.75, 3.05) is 0 Å². The van der Waals surface area contributed by atoms with Crippen molar-refractivity contribution in [3.63, 3.8) is 0 Å². The molecule has 0 saturated heterocycles. The van der Waals surface area contributed by atoms with E-state index >= 15 is 0 Å². The Morgan fingerprint density at radius 1 is 1.50 bits per heavy atom. The van der Waals surface area contributed by atoms with Crippen LogP contribution in [0.15, 0.2) is 22.0 Å². The molecule has 2 heterocycles. The minimum Gasteiger partial charge on any atom is -0.296 e. The Balaban J connectivity index is 2.26. The van der Waals surface area contributed by atoms with Gasteiger partial charge in [0.2, 0.25) is 0 Å². The molecule has 88 valence electrons. The highest BCUT2D eigenvalue weighted by atomic mass is 16.5. The number of allylic oxidation sites excluding steroid dienone is 1. The minimum absolute atomic E-state index is 0.243. The largest absolute Gasteiger partial charge is 0.441 e. The van der Waals surface area contributed by atoms with Crippen molar-refractivity contribution >= 4 is 0 Å². The van der Waals surface area contributed by atoms with E-state index < -0.39 is 0 Å². The first-order valence-electron chi connectivity index (χ1n) is 6.01. The first-order chi connectivity index (χ1) is 7.83. The van der Waals surface area contributed by atoms with Gasteiger partial charge in [-0.3, -0.25) is 9.09 Å². The van der Waals surface area contributed by atoms with Crippen molar-refractivity contribution in [2.24, 2.45) is 0 Å². The predicted octanol–water partition coefficient (Wildman–Crippen LogP) is 2.46. The highest BCUT2D eigenvalue weighted by Crippen LogP contribution is 2.24. The molecule has 0 N–H and O–H groups in total. The molecule has 1 aromatic heterocycles. The molecule has 0 radical (unpaired) electrons. The van der Waals surface area contributed by atoms with Gasteiger partial charge in [-0.1, -0.05) is 24.1 Å². The zero-order valence-electron chi connectivity index (χ0n) is 9.52. The predicted molar refractivity (Wildman–Crippen MR) is 61.4 cm³/mol. The smallest absolute Gasteiger partial charge is 0.296 e. The monoisotopic (exact) mass is 222 g/mol. The van der Waals surface area contributed by atoms with Gasteiger partial charge in [0.1, 0.15) is 0 Å². The number of rotatable bonds is 3. The Bertz CT molecular complexity index is 405. The molecule has 2 rings (SSSR count). The average molecular weight is 222 g/mol. The standard InChI is InChI=1S/C12H18N2O2/c1-2-3-7-10-8-5-4-6-9-11-13-16-12(15)14(10)11/h2,10H,1,3-9H2. The van der Waals surface area contributed by atoms with E-state index in [9.17, 15) is 4.79 Å². The second-order valence-electron chi connectivity index (χ2n) is 4.35. The molecule has 1 atom stereocenters. The van der Waals surface area contributed by atoms with Crippen molar-refractivity contribution in [3.8, 4) is 0 Å². The summed E-state index contributed by atoms with van der Waals surface area (Å²) < 4.78 is 6.52. The zero-order chi connectivity index (χ0) is 11.4. The highest BCUT2D eigenvalue weighted by Gasteiger charge is 2.21. The van der Waals surface area contributed by atoms with Crippen LogP contribution < -0.4 is 5.76 Å². The van der Waals surface area contributed by atoms with E-state index in [1.165, 1.54) is 12.8 Å². The van der Waals surface area contributed by atoms with Crippen LogP contribution >= 0.6 is 0 Å². The van der Waals surface area contributed by atoms with Gasteiger partial charge in [0.15, 0.2) is 5.82 Å². The van der Waals surface area contributed by atoms with E-state index in [1.54, 1.807) is 4.57 Å². The lowest BCUT2D eigenvalue weighted by molar-refractivity contribution is 0.345. The van der Waals surface area contributed by atoms with Crippen molar-refractivity contribution < 1.29 is 4.52 Å². The molecule has 1 aliphatic rings. The van der Waals surface area contributed by atoms with E-state index in [-0.39, 0.29) is 11.8 Å².